The Bertz CT molecular complexity index is 3140. The highest BCUT2D eigenvalue weighted by molar-refractivity contribution is 7.27. The molecule has 0 N–H and O–H groups in total. The van der Waals surface area contributed by atoms with E-state index in [0.29, 0.717) is 0 Å². The highest BCUT2D eigenvalue weighted by Gasteiger charge is 2.18. The number of thiophene rings is 1. The summed E-state index contributed by atoms with van der Waals surface area (Å²) in [6.07, 6.45) is 0. The van der Waals surface area contributed by atoms with Crippen molar-refractivity contribution in [3.8, 4) is 33.4 Å². The van der Waals surface area contributed by atoms with Crippen molar-refractivity contribution in [3.63, 3.8) is 0 Å². The molecule has 0 fully saturated rings. The fourth-order valence-corrected chi connectivity index (χ4v) is 9.79. The summed E-state index contributed by atoms with van der Waals surface area (Å²) >= 11 is 1.91. The average Bonchev–Trinajstić information content (AvgIpc) is 3.60. The second-order valence-electron chi connectivity index (χ2n) is 13.6. The lowest BCUT2D eigenvalue weighted by Crippen LogP contribution is -1.91. The molecule has 51 heavy (non-hydrogen) atoms. The maximum atomic E-state index is 2.42. The van der Waals surface area contributed by atoms with Crippen LogP contribution in [0.1, 0.15) is 0 Å². The second kappa shape index (κ2) is 11.1. The van der Waals surface area contributed by atoms with Gasteiger partial charge in [-0.25, -0.2) is 0 Å². The van der Waals surface area contributed by atoms with Gasteiger partial charge in [-0.15, -0.1) is 11.3 Å². The molecule has 0 aliphatic rings. The molecule has 0 aliphatic carbocycles. The first-order chi connectivity index (χ1) is 25.3. The second-order valence-corrected chi connectivity index (χ2v) is 14.6. The summed E-state index contributed by atoms with van der Waals surface area (Å²) in [6.45, 7) is 0. The van der Waals surface area contributed by atoms with Gasteiger partial charge in [0.05, 0.1) is 0 Å². The maximum Gasteiger partial charge on any atom is 0.0440 e. The zero-order valence-electron chi connectivity index (χ0n) is 27.7. The average molecular weight is 663 g/mol. The minimum atomic E-state index is 1.22. The van der Waals surface area contributed by atoms with E-state index in [2.05, 4.69) is 182 Å². The molecule has 0 amide bonds. The molecule has 0 atom stereocenters. The summed E-state index contributed by atoms with van der Waals surface area (Å²) in [5.74, 6) is 0. The Morgan fingerprint density at radius 1 is 0.275 bits per heavy atom. The van der Waals surface area contributed by atoms with Crippen molar-refractivity contribution in [2.24, 2.45) is 0 Å². The molecule has 1 heteroatoms. The quantitative estimate of drug-likeness (QED) is 0.130. The van der Waals surface area contributed by atoms with E-state index in [1.54, 1.807) is 0 Å². The molecule has 0 aliphatic heterocycles. The lowest BCUT2D eigenvalue weighted by atomic mass is 9.85. The topological polar surface area (TPSA) is 0 Å². The monoisotopic (exact) mass is 662 g/mol. The van der Waals surface area contributed by atoms with Crippen LogP contribution in [0.15, 0.2) is 182 Å². The van der Waals surface area contributed by atoms with E-state index in [1.807, 2.05) is 11.3 Å². The number of hydrogen-bond donors (Lipinski definition) is 0. The molecule has 1 aromatic heterocycles. The standard InChI is InChI=1S/C50H30S/c1-2-13-32-28-36(25-24-31(32)12-1)48-41-20-7-5-18-39(41)47(40-19-6-8-21-42(40)48)35-15-11-14-33(29-35)34-26-27-43-45(30-34)37-16-3-4-17-38(37)49-44-22-9-10-23-46(44)51-50(43)49/h1-30H. The van der Waals surface area contributed by atoms with E-state index >= 15 is 0 Å². The molecule has 11 aromatic rings. The first-order valence-corrected chi connectivity index (χ1v) is 18.4. The molecular weight excluding hydrogens is 633 g/mol. The van der Waals surface area contributed by atoms with Gasteiger partial charge in [0, 0.05) is 25.6 Å². The predicted molar refractivity (Wildman–Crippen MR) is 223 cm³/mol. The number of benzene rings is 10. The van der Waals surface area contributed by atoms with Gasteiger partial charge in [0.1, 0.15) is 0 Å². The van der Waals surface area contributed by atoms with E-state index in [4.69, 9.17) is 0 Å². The van der Waals surface area contributed by atoms with Crippen LogP contribution < -0.4 is 0 Å². The van der Waals surface area contributed by atoms with Crippen LogP contribution in [0.5, 0.6) is 0 Å². The van der Waals surface area contributed by atoms with Crippen molar-refractivity contribution >= 4 is 85.4 Å². The minimum absolute atomic E-state index is 1.22. The molecule has 0 nitrogen and oxygen atoms in total. The Morgan fingerprint density at radius 3 is 1.53 bits per heavy atom. The minimum Gasteiger partial charge on any atom is -0.135 e. The largest absolute Gasteiger partial charge is 0.135 e. The molecule has 236 valence electrons. The summed E-state index contributed by atoms with van der Waals surface area (Å²) in [5.41, 5.74) is 7.51. The van der Waals surface area contributed by atoms with Crippen LogP contribution >= 0.6 is 11.3 Å². The van der Waals surface area contributed by atoms with Crippen LogP contribution in [0.25, 0.3) is 107 Å². The number of hydrogen-bond acceptors (Lipinski definition) is 1. The third-order valence-electron chi connectivity index (χ3n) is 10.8. The van der Waals surface area contributed by atoms with Gasteiger partial charge in [0.25, 0.3) is 0 Å². The Kier molecular flexibility index (Phi) is 6.22. The number of rotatable bonds is 3. The number of fused-ring (bicyclic) bond motifs is 11. The fourth-order valence-electron chi connectivity index (χ4n) is 8.53. The van der Waals surface area contributed by atoms with Crippen LogP contribution in [0.4, 0.5) is 0 Å². The molecule has 0 radical (unpaired) electrons. The van der Waals surface area contributed by atoms with Gasteiger partial charge < -0.3 is 0 Å². The molecule has 0 bridgehead atoms. The summed E-state index contributed by atoms with van der Waals surface area (Å²) in [6, 6.07) is 67.4. The lowest BCUT2D eigenvalue weighted by Gasteiger charge is -2.18. The first kappa shape index (κ1) is 28.5. The molecule has 1 heterocycles. The summed E-state index contributed by atoms with van der Waals surface area (Å²) in [4.78, 5) is 0. The van der Waals surface area contributed by atoms with Gasteiger partial charge in [0.15, 0.2) is 0 Å². The summed E-state index contributed by atoms with van der Waals surface area (Å²) in [7, 11) is 0. The van der Waals surface area contributed by atoms with Gasteiger partial charge >= 0.3 is 0 Å². The van der Waals surface area contributed by atoms with Crippen molar-refractivity contribution < 1.29 is 0 Å². The molecule has 0 saturated heterocycles. The highest BCUT2D eigenvalue weighted by Crippen LogP contribution is 2.47. The van der Waals surface area contributed by atoms with Crippen molar-refractivity contribution in [3.05, 3.63) is 182 Å². The van der Waals surface area contributed by atoms with E-state index in [1.165, 1.54) is 107 Å². The molecule has 0 unspecified atom stereocenters. The van der Waals surface area contributed by atoms with Crippen LogP contribution in [0.2, 0.25) is 0 Å². The third kappa shape index (κ3) is 4.32. The molecule has 0 saturated carbocycles. The van der Waals surface area contributed by atoms with Crippen LogP contribution in [-0.2, 0) is 0 Å². The predicted octanol–water partition coefficient (Wildman–Crippen LogP) is 14.8. The molecule has 11 rings (SSSR count). The first-order valence-electron chi connectivity index (χ1n) is 17.6. The van der Waals surface area contributed by atoms with Gasteiger partial charge in [0.2, 0.25) is 0 Å². The Morgan fingerprint density at radius 2 is 0.804 bits per heavy atom. The molecule has 0 spiro atoms. The Labute approximate surface area is 299 Å². The van der Waals surface area contributed by atoms with Crippen molar-refractivity contribution in [1.82, 2.24) is 0 Å². The Balaban J connectivity index is 1.13. The van der Waals surface area contributed by atoms with Crippen LogP contribution in [0.3, 0.4) is 0 Å². The maximum absolute atomic E-state index is 2.42. The normalized spacial score (nSPS) is 11.9. The van der Waals surface area contributed by atoms with Crippen molar-refractivity contribution in [2.45, 2.75) is 0 Å². The SMILES string of the molecule is c1cc(-c2ccc3c(c2)c2ccccc2c2c4ccccc4sc32)cc(-c2c3ccccc3c(-c3ccc4ccccc4c3)c3ccccc23)c1. The van der Waals surface area contributed by atoms with E-state index in [9.17, 15) is 0 Å². The van der Waals surface area contributed by atoms with Gasteiger partial charge in [-0.1, -0.05) is 158 Å². The fraction of sp³-hybridized carbons (Fsp3) is 0. The van der Waals surface area contributed by atoms with Gasteiger partial charge in [-0.3, -0.25) is 0 Å². The summed E-state index contributed by atoms with van der Waals surface area (Å²) < 4.78 is 2.71. The summed E-state index contributed by atoms with van der Waals surface area (Å²) in [5, 5.41) is 15.6. The van der Waals surface area contributed by atoms with Gasteiger partial charge in [-0.2, -0.15) is 0 Å². The van der Waals surface area contributed by atoms with Crippen LogP contribution in [0, 0.1) is 0 Å². The van der Waals surface area contributed by atoms with Crippen molar-refractivity contribution in [2.75, 3.05) is 0 Å². The van der Waals surface area contributed by atoms with E-state index < -0.39 is 0 Å². The van der Waals surface area contributed by atoms with E-state index in [-0.39, 0.29) is 0 Å². The third-order valence-corrected chi connectivity index (χ3v) is 12.0. The van der Waals surface area contributed by atoms with E-state index in [0.717, 1.165) is 0 Å². The van der Waals surface area contributed by atoms with Crippen LogP contribution in [-0.4, -0.2) is 0 Å². The smallest absolute Gasteiger partial charge is 0.0440 e. The highest BCUT2D eigenvalue weighted by atomic mass is 32.1. The van der Waals surface area contributed by atoms with Gasteiger partial charge in [-0.05, 0) is 106 Å². The molecule has 10 aromatic carbocycles. The zero-order valence-corrected chi connectivity index (χ0v) is 28.5. The Hall–Kier alpha value is -6.28. The lowest BCUT2D eigenvalue weighted by molar-refractivity contribution is 1.63. The van der Waals surface area contributed by atoms with Crippen molar-refractivity contribution in [1.29, 1.82) is 0 Å². The molecular formula is C50H30S. The zero-order chi connectivity index (χ0) is 33.5.